The van der Waals surface area contributed by atoms with Gasteiger partial charge in [-0.25, -0.2) is 9.78 Å². The maximum Gasteiger partial charge on any atom is 0.411 e. The van der Waals surface area contributed by atoms with Crippen molar-refractivity contribution in [1.82, 2.24) is 24.6 Å². The van der Waals surface area contributed by atoms with Crippen LogP contribution in [0.1, 0.15) is 67.7 Å². The lowest BCUT2D eigenvalue weighted by molar-refractivity contribution is -0.138. The van der Waals surface area contributed by atoms with Gasteiger partial charge in [-0.05, 0) is 75.6 Å². The van der Waals surface area contributed by atoms with E-state index in [1.54, 1.807) is 37.9 Å². The van der Waals surface area contributed by atoms with Gasteiger partial charge >= 0.3 is 12.1 Å². The molecular formula is C41H54N6O6. The highest BCUT2D eigenvalue weighted by Gasteiger charge is 2.30. The number of carbonyl (C=O) groups excluding carboxylic acids is 3. The molecule has 5 rings (SSSR count). The lowest BCUT2D eigenvalue weighted by Crippen LogP contribution is -2.50. The van der Waals surface area contributed by atoms with Crippen LogP contribution in [0.15, 0.2) is 60.8 Å². The molecule has 0 atom stereocenters. The summed E-state index contributed by atoms with van der Waals surface area (Å²) < 4.78 is 5.68. The number of ether oxygens (including phenoxy) is 1. The van der Waals surface area contributed by atoms with E-state index in [2.05, 4.69) is 34.3 Å². The fourth-order valence-electron chi connectivity index (χ4n) is 6.92. The highest BCUT2D eigenvalue weighted by molar-refractivity contribution is 6.03. The van der Waals surface area contributed by atoms with Gasteiger partial charge in [0.2, 0.25) is 5.91 Å². The van der Waals surface area contributed by atoms with Crippen LogP contribution in [0.5, 0.6) is 0 Å². The Labute approximate surface area is 313 Å². The molecule has 2 aliphatic rings. The summed E-state index contributed by atoms with van der Waals surface area (Å²) in [5, 5.41) is 12.1. The number of piperidine rings is 1. The Morgan fingerprint density at radius 3 is 2.25 bits per heavy atom. The highest BCUT2D eigenvalue weighted by Crippen LogP contribution is 2.28. The number of likely N-dealkylation sites (tertiary alicyclic amines) is 1. The zero-order valence-corrected chi connectivity index (χ0v) is 31.8. The lowest BCUT2D eigenvalue weighted by atomic mass is 9.95. The molecule has 2 fully saturated rings. The first-order valence-electron chi connectivity index (χ1n) is 18.6. The predicted molar refractivity (Wildman–Crippen MR) is 205 cm³/mol. The molecule has 0 spiro atoms. The average molecular weight is 727 g/mol. The Hall–Kier alpha value is -4.81. The number of hydrogen-bond donors (Lipinski definition) is 2. The molecule has 53 heavy (non-hydrogen) atoms. The standard InChI is InChI=1S/C41H54N6O6/c1-6-30-10-8-12-33(22-30)34-23-35(43-36(48)27-47(40(52)53-41(3,4)5)26-32-11-7-9-29(2)21-32)38(42-24-34)39(51)46-15-13-31(14-16-46)25-44-17-19-45(20-18-44)28-37(49)50/h7-12,21-24,31H,6,13-20,25-28H2,1-5H3,(H,43,48)(H,49,50). The number of aromatic nitrogens is 1. The molecule has 3 heterocycles. The van der Waals surface area contributed by atoms with Crippen LogP contribution in [0.2, 0.25) is 0 Å². The van der Waals surface area contributed by atoms with Crippen LogP contribution in [0.4, 0.5) is 10.5 Å². The molecule has 2 saturated heterocycles. The van der Waals surface area contributed by atoms with Crippen LogP contribution < -0.4 is 5.32 Å². The van der Waals surface area contributed by atoms with E-state index in [0.717, 1.165) is 79.8 Å². The van der Waals surface area contributed by atoms with Gasteiger partial charge in [-0.15, -0.1) is 0 Å². The number of rotatable bonds is 12. The molecule has 0 bridgehead atoms. The monoisotopic (exact) mass is 726 g/mol. The number of carbonyl (C=O) groups is 4. The first-order valence-corrected chi connectivity index (χ1v) is 18.6. The van der Waals surface area contributed by atoms with Crippen LogP contribution in [0.3, 0.4) is 0 Å². The van der Waals surface area contributed by atoms with Crippen LogP contribution >= 0.6 is 0 Å². The molecule has 2 N–H and O–H groups in total. The van der Waals surface area contributed by atoms with Gasteiger partial charge in [-0.2, -0.15) is 0 Å². The van der Waals surface area contributed by atoms with Crippen molar-refractivity contribution in [2.75, 3.05) is 64.2 Å². The van der Waals surface area contributed by atoms with Crippen molar-refractivity contribution in [3.63, 3.8) is 0 Å². The number of hydrogen-bond acceptors (Lipinski definition) is 8. The second-order valence-electron chi connectivity index (χ2n) is 15.3. The molecule has 2 aliphatic heterocycles. The predicted octanol–water partition coefficient (Wildman–Crippen LogP) is 5.55. The van der Waals surface area contributed by atoms with E-state index in [-0.39, 0.29) is 31.2 Å². The molecule has 0 aliphatic carbocycles. The molecular weight excluding hydrogens is 672 g/mol. The number of piperazine rings is 1. The van der Waals surface area contributed by atoms with E-state index in [1.165, 1.54) is 4.90 Å². The number of aliphatic carboxylic acids is 1. The number of amides is 3. The van der Waals surface area contributed by atoms with E-state index in [0.29, 0.717) is 24.7 Å². The Balaban J connectivity index is 1.31. The van der Waals surface area contributed by atoms with Gasteiger partial charge in [0, 0.05) is 64.1 Å². The number of nitrogens with zero attached hydrogens (tertiary/aromatic N) is 5. The summed E-state index contributed by atoms with van der Waals surface area (Å²) in [6.45, 7) is 14.6. The third kappa shape index (κ3) is 11.6. The van der Waals surface area contributed by atoms with Crippen LogP contribution in [-0.2, 0) is 27.3 Å². The maximum atomic E-state index is 14.1. The molecule has 3 amide bonds. The van der Waals surface area contributed by atoms with Crippen molar-refractivity contribution in [1.29, 1.82) is 0 Å². The molecule has 0 radical (unpaired) electrons. The maximum absolute atomic E-state index is 14.1. The Bertz CT molecular complexity index is 1760. The first kappa shape index (κ1) is 39.4. The van der Waals surface area contributed by atoms with Crippen LogP contribution in [0, 0.1) is 12.8 Å². The molecule has 284 valence electrons. The zero-order chi connectivity index (χ0) is 38.1. The molecule has 0 unspecified atom stereocenters. The smallest absolute Gasteiger partial charge is 0.411 e. The summed E-state index contributed by atoms with van der Waals surface area (Å²) in [6.07, 6.45) is 3.61. The highest BCUT2D eigenvalue weighted by atomic mass is 16.6. The quantitative estimate of drug-likeness (QED) is 0.246. The largest absolute Gasteiger partial charge is 0.480 e. The van der Waals surface area contributed by atoms with Gasteiger partial charge in [-0.1, -0.05) is 61.0 Å². The number of pyridine rings is 1. The van der Waals surface area contributed by atoms with Crippen molar-refractivity contribution >= 4 is 29.6 Å². The number of carboxylic acid groups (broad SMARTS) is 1. The molecule has 12 nitrogen and oxygen atoms in total. The normalized spacial score (nSPS) is 15.9. The van der Waals surface area contributed by atoms with Crippen molar-refractivity contribution in [2.24, 2.45) is 5.92 Å². The van der Waals surface area contributed by atoms with Crippen LogP contribution in [0.25, 0.3) is 11.1 Å². The van der Waals surface area contributed by atoms with Crippen molar-refractivity contribution < 1.29 is 29.0 Å². The summed E-state index contributed by atoms with van der Waals surface area (Å²) in [4.78, 5) is 64.5. The van der Waals surface area contributed by atoms with Crippen molar-refractivity contribution in [3.8, 4) is 11.1 Å². The minimum atomic E-state index is -0.797. The Morgan fingerprint density at radius 2 is 1.58 bits per heavy atom. The summed E-state index contributed by atoms with van der Waals surface area (Å²) in [5.74, 6) is -1.09. The topological polar surface area (TPSA) is 136 Å². The molecule has 1 aromatic heterocycles. The summed E-state index contributed by atoms with van der Waals surface area (Å²) in [7, 11) is 0. The molecule has 3 aromatic rings. The third-order valence-electron chi connectivity index (χ3n) is 9.72. The Kier molecular flexibility index (Phi) is 13.2. The molecule has 2 aromatic carbocycles. The number of aryl methyl sites for hydroxylation is 2. The third-order valence-corrected chi connectivity index (χ3v) is 9.72. The minimum Gasteiger partial charge on any atom is -0.480 e. The second-order valence-corrected chi connectivity index (χ2v) is 15.3. The average Bonchev–Trinajstić information content (AvgIpc) is 3.11. The summed E-state index contributed by atoms with van der Waals surface area (Å²) in [5.41, 5.74) is 4.43. The molecule has 12 heteroatoms. The summed E-state index contributed by atoms with van der Waals surface area (Å²) in [6, 6.07) is 17.6. The fourth-order valence-corrected chi connectivity index (χ4v) is 6.92. The van der Waals surface area contributed by atoms with Crippen molar-refractivity contribution in [2.45, 2.75) is 66.0 Å². The number of benzene rings is 2. The molecule has 0 saturated carbocycles. The van der Waals surface area contributed by atoms with E-state index in [9.17, 15) is 19.2 Å². The second kappa shape index (κ2) is 17.8. The van der Waals surface area contributed by atoms with Crippen molar-refractivity contribution in [3.05, 3.63) is 83.2 Å². The number of nitrogens with one attached hydrogen (secondary N) is 1. The van der Waals surface area contributed by atoms with Gasteiger partial charge in [0.25, 0.3) is 5.91 Å². The lowest BCUT2D eigenvalue weighted by Gasteiger charge is -2.38. The van der Waals surface area contributed by atoms with Gasteiger partial charge in [0.05, 0.1) is 12.2 Å². The summed E-state index contributed by atoms with van der Waals surface area (Å²) >= 11 is 0. The zero-order valence-electron chi connectivity index (χ0n) is 31.8. The van der Waals surface area contributed by atoms with Crippen LogP contribution in [-0.4, -0.2) is 118 Å². The first-order chi connectivity index (χ1) is 25.3. The number of anilines is 1. The fraction of sp³-hybridized carbons (Fsp3) is 0.488. The van der Waals surface area contributed by atoms with Gasteiger partial charge < -0.3 is 25.0 Å². The minimum absolute atomic E-state index is 0.0757. The van der Waals surface area contributed by atoms with E-state index < -0.39 is 23.6 Å². The van der Waals surface area contributed by atoms with Gasteiger partial charge in [-0.3, -0.25) is 24.2 Å². The van der Waals surface area contributed by atoms with E-state index >= 15 is 0 Å². The van der Waals surface area contributed by atoms with Gasteiger partial charge in [0.1, 0.15) is 12.1 Å². The van der Waals surface area contributed by atoms with E-state index in [4.69, 9.17) is 9.84 Å². The number of carboxylic acids is 1. The van der Waals surface area contributed by atoms with Gasteiger partial charge in [0.15, 0.2) is 5.69 Å². The SMILES string of the molecule is CCc1cccc(-c2cnc(C(=O)N3CCC(CN4CCN(CC(=O)O)CC4)CC3)c(NC(=O)CN(Cc3cccc(C)c3)C(=O)OC(C)(C)C)c2)c1. The Morgan fingerprint density at radius 1 is 0.906 bits per heavy atom. The van der Waals surface area contributed by atoms with E-state index in [1.807, 2.05) is 48.2 Å².